The van der Waals surface area contributed by atoms with Crippen molar-refractivity contribution in [3.8, 4) is 0 Å². The van der Waals surface area contributed by atoms with Gasteiger partial charge >= 0.3 is 5.97 Å². The first-order chi connectivity index (χ1) is 7.15. The molecular formula is C12H15NO2. The van der Waals surface area contributed by atoms with Crippen LogP contribution in [0.3, 0.4) is 0 Å². The molecule has 0 aliphatic rings. The minimum atomic E-state index is -0.858. The third-order valence-electron chi connectivity index (χ3n) is 2.12. The molecular weight excluding hydrogens is 190 g/mol. The minimum Gasteiger partial charge on any atom is -0.480 e. The van der Waals surface area contributed by atoms with Gasteiger partial charge in [-0.1, -0.05) is 24.3 Å². The molecule has 1 rings (SSSR count). The highest BCUT2D eigenvalue weighted by Gasteiger charge is 2.11. The molecule has 0 saturated carbocycles. The minimum absolute atomic E-state index is 0.587. The number of carboxylic acids is 1. The second kappa shape index (κ2) is 5.20. The number of aliphatic carboxylic acids is 1. The summed E-state index contributed by atoms with van der Waals surface area (Å²) in [7, 11) is 0. The zero-order valence-corrected chi connectivity index (χ0v) is 8.73. The molecule has 0 aromatic heterocycles. The monoisotopic (exact) mass is 205 g/mol. The second-order valence-corrected chi connectivity index (χ2v) is 3.35. The lowest BCUT2D eigenvalue weighted by atomic mass is 10.1. The van der Waals surface area contributed by atoms with Crippen LogP contribution in [0.25, 0.3) is 0 Å². The molecule has 0 bridgehead atoms. The first-order valence-corrected chi connectivity index (χ1v) is 4.83. The van der Waals surface area contributed by atoms with E-state index in [0.717, 1.165) is 17.7 Å². The third kappa shape index (κ3) is 3.13. The fourth-order valence-corrected chi connectivity index (χ4v) is 1.29. The Kier molecular flexibility index (Phi) is 3.92. The van der Waals surface area contributed by atoms with Gasteiger partial charge in [-0.2, -0.15) is 0 Å². The number of benzene rings is 1. The SMILES string of the molecule is C=CCc1ccccc1NC(C)C(=O)O. The fraction of sp³-hybridized carbons (Fsp3) is 0.250. The number of allylic oxidation sites excluding steroid dienone is 1. The molecule has 3 nitrogen and oxygen atoms in total. The van der Waals surface area contributed by atoms with Gasteiger partial charge in [0.2, 0.25) is 0 Å². The van der Waals surface area contributed by atoms with Gasteiger partial charge in [-0.15, -0.1) is 6.58 Å². The molecule has 0 fully saturated rings. The summed E-state index contributed by atoms with van der Waals surface area (Å²) in [6, 6.07) is 7.05. The predicted molar refractivity (Wildman–Crippen MR) is 61.1 cm³/mol. The lowest BCUT2D eigenvalue weighted by Gasteiger charge is -2.13. The van der Waals surface area contributed by atoms with Gasteiger partial charge in [0.25, 0.3) is 0 Å². The molecule has 0 heterocycles. The quantitative estimate of drug-likeness (QED) is 0.725. The predicted octanol–water partition coefficient (Wildman–Crippen LogP) is 2.30. The Bertz CT molecular complexity index is 360. The Morgan fingerprint density at radius 3 is 2.87 bits per heavy atom. The van der Waals surface area contributed by atoms with Crippen molar-refractivity contribution < 1.29 is 9.90 Å². The van der Waals surface area contributed by atoms with E-state index in [1.54, 1.807) is 13.0 Å². The molecule has 15 heavy (non-hydrogen) atoms. The van der Waals surface area contributed by atoms with Crippen molar-refractivity contribution in [1.29, 1.82) is 0 Å². The largest absolute Gasteiger partial charge is 0.480 e. The Balaban J connectivity index is 2.83. The van der Waals surface area contributed by atoms with Crippen molar-refractivity contribution in [2.24, 2.45) is 0 Å². The van der Waals surface area contributed by atoms with Crippen molar-refractivity contribution >= 4 is 11.7 Å². The lowest BCUT2D eigenvalue weighted by molar-refractivity contribution is -0.137. The number of nitrogens with one attached hydrogen (secondary N) is 1. The molecule has 1 unspecified atom stereocenters. The summed E-state index contributed by atoms with van der Waals surface area (Å²) < 4.78 is 0. The average molecular weight is 205 g/mol. The number of carboxylic acid groups (broad SMARTS) is 1. The zero-order chi connectivity index (χ0) is 11.3. The maximum Gasteiger partial charge on any atom is 0.325 e. The Morgan fingerprint density at radius 2 is 2.27 bits per heavy atom. The van der Waals surface area contributed by atoms with Crippen molar-refractivity contribution in [3.05, 3.63) is 42.5 Å². The van der Waals surface area contributed by atoms with Crippen LogP contribution in [-0.2, 0) is 11.2 Å². The van der Waals surface area contributed by atoms with Crippen molar-refractivity contribution in [3.63, 3.8) is 0 Å². The second-order valence-electron chi connectivity index (χ2n) is 3.35. The van der Waals surface area contributed by atoms with E-state index < -0.39 is 12.0 Å². The van der Waals surface area contributed by atoms with Gasteiger partial charge in [0.05, 0.1) is 0 Å². The molecule has 3 heteroatoms. The van der Waals surface area contributed by atoms with Gasteiger partial charge in [-0.25, -0.2) is 0 Å². The zero-order valence-electron chi connectivity index (χ0n) is 8.73. The van der Waals surface area contributed by atoms with Gasteiger partial charge in [-0.3, -0.25) is 4.79 Å². The summed E-state index contributed by atoms with van der Waals surface area (Å²) in [5.74, 6) is -0.858. The van der Waals surface area contributed by atoms with Crippen LogP contribution in [0.2, 0.25) is 0 Å². The maximum atomic E-state index is 10.7. The maximum absolute atomic E-state index is 10.7. The van der Waals surface area contributed by atoms with Gasteiger partial charge in [-0.05, 0) is 25.0 Å². The molecule has 1 atom stereocenters. The molecule has 0 saturated heterocycles. The van der Waals surface area contributed by atoms with Gasteiger partial charge in [0.15, 0.2) is 0 Å². The fourth-order valence-electron chi connectivity index (χ4n) is 1.29. The van der Waals surface area contributed by atoms with Gasteiger partial charge < -0.3 is 10.4 Å². The van der Waals surface area contributed by atoms with Crippen molar-refractivity contribution in [2.45, 2.75) is 19.4 Å². The van der Waals surface area contributed by atoms with Crippen molar-refractivity contribution in [2.75, 3.05) is 5.32 Å². The topological polar surface area (TPSA) is 49.3 Å². The van der Waals surface area contributed by atoms with E-state index >= 15 is 0 Å². The first kappa shape index (κ1) is 11.3. The standard InChI is InChI=1S/C12H15NO2/c1-3-6-10-7-4-5-8-11(10)13-9(2)12(14)15/h3-5,7-9,13H,1,6H2,2H3,(H,14,15). The van der Waals surface area contributed by atoms with Crippen LogP contribution >= 0.6 is 0 Å². The van der Waals surface area contributed by atoms with E-state index in [2.05, 4.69) is 11.9 Å². The normalized spacial score (nSPS) is 11.8. The van der Waals surface area contributed by atoms with Crippen LogP contribution in [0.1, 0.15) is 12.5 Å². The van der Waals surface area contributed by atoms with E-state index in [9.17, 15) is 4.79 Å². The first-order valence-electron chi connectivity index (χ1n) is 4.83. The van der Waals surface area contributed by atoms with Gasteiger partial charge in [0, 0.05) is 5.69 Å². The number of carbonyl (C=O) groups is 1. The lowest BCUT2D eigenvalue weighted by Crippen LogP contribution is -2.25. The average Bonchev–Trinajstić information content (AvgIpc) is 2.21. The van der Waals surface area contributed by atoms with E-state index in [1.807, 2.05) is 24.3 Å². The number of hydrogen-bond donors (Lipinski definition) is 2. The molecule has 0 radical (unpaired) electrons. The highest BCUT2D eigenvalue weighted by Crippen LogP contribution is 2.16. The molecule has 0 aliphatic carbocycles. The Morgan fingerprint density at radius 1 is 1.60 bits per heavy atom. The van der Waals surface area contributed by atoms with Crippen LogP contribution in [0.15, 0.2) is 36.9 Å². The van der Waals surface area contributed by atoms with E-state index in [1.165, 1.54) is 0 Å². The smallest absolute Gasteiger partial charge is 0.325 e. The Labute approximate surface area is 89.4 Å². The molecule has 0 amide bonds. The van der Waals surface area contributed by atoms with E-state index in [0.29, 0.717) is 0 Å². The van der Waals surface area contributed by atoms with Crippen LogP contribution in [-0.4, -0.2) is 17.1 Å². The number of anilines is 1. The van der Waals surface area contributed by atoms with Gasteiger partial charge in [0.1, 0.15) is 6.04 Å². The Hall–Kier alpha value is -1.77. The highest BCUT2D eigenvalue weighted by molar-refractivity contribution is 5.77. The van der Waals surface area contributed by atoms with Crippen LogP contribution in [0.4, 0.5) is 5.69 Å². The number of hydrogen-bond acceptors (Lipinski definition) is 2. The summed E-state index contributed by atoms with van der Waals surface area (Å²) in [5.41, 5.74) is 1.91. The van der Waals surface area contributed by atoms with Crippen LogP contribution in [0, 0.1) is 0 Å². The molecule has 2 N–H and O–H groups in total. The highest BCUT2D eigenvalue weighted by atomic mass is 16.4. The van der Waals surface area contributed by atoms with Crippen LogP contribution < -0.4 is 5.32 Å². The molecule has 0 spiro atoms. The molecule has 0 aliphatic heterocycles. The summed E-state index contributed by atoms with van der Waals surface area (Å²) in [6.45, 7) is 5.29. The molecule has 1 aromatic carbocycles. The summed E-state index contributed by atoms with van der Waals surface area (Å²) >= 11 is 0. The molecule has 1 aromatic rings. The summed E-state index contributed by atoms with van der Waals surface area (Å²) in [4.78, 5) is 10.7. The number of para-hydroxylation sites is 1. The van der Waals surface area contributed by atoms with E-state index in [4.69, 9.17) is 5.11 Å². The van der Waals surface area contributed by atoms with E-state index in [-0.39, 0.29) is 0 Å². The number of rotatable bonds is 5. The summed E-state index contributed by atoms with van der Waals surface area (Å²) in [5, 5.41) is 11.7. The van der Waals surface area contributed by atoms with Crippen LogP contribution in [0.5, 0.6) is 0 Å². The third-order valence-corrected chi connectivity index (χ3v) is 2.12. The van der Waals surface area contributed by atoms with Crippen molar-refractivity contribution in [1.82, 2.24) is 0 Å². The molecule has 80 valence electrons. The summed E-state index contributed by atoms with van der Waals surface area (Å²) in [6.07, 6.45) is 2.53.